The van der Waals surface area contributed by atoms with E-state index >= 15 is 0 Å². The predicted octanol–water partition coefficient (Wildman–Crippen LogP) is 1.75. The summed E-state index contributed by atoms with van der Waals surface area (Å²) in [4.78, 5) is 18.6. The van der Waals surface area contributed by atoms with Crippen LogP contribution in [0.5, 0.6) is 0 Å². The molecule has 0 amide bonds. The van der Waals surface area contributed by atoms with Crippen LogP contribution in [-0.4, -0.2) is 32.1 Å². The highest BCUT2D eigenvalue weighted by atomic mass is 16.3. The van der Waals surface area contributed by atoms with Crippen LogP contribution in [0.15, 0.2) is 37.0 Å². The zero-order valence-corrected chi connectivity index (χ0v) is 13.1. The molecular formula is C16H17N7O. The highest BCUT2D eigenvalue weighted by molar-refractivity contribution is 5.81. The third-order valence-corrected chi connectivity index (χ3v) is 3.54. The molecule has 0 unspecified atom stereocenters. The molecule has 0 fully saturated rings. The van der Waals surface area contributed by atoms with Gasteiger partial charge < -0.3 is 21.5 Å². The molecule has 0 aliphatic carbocycles. The highest BCUT2D eigenvalue weighted by Gasteiger charge is 2.10. The quantitative estimate of drug-likeness (QED) is 0.620. The van der Waals surface area contributed by atoms with Gasteiger partial charge in [-0.05, 0) is 24.3 Å². The first-order valence-electron chi connectivity index (χ1n) is 7.18. The van der Waals surface area contributed by atoms with Gasteiger partial charge in [-0.2, -0.15) is 9.97 Å². The van der Waals surface area contributed by atoms with Crippen LogP contribution < -0.4 is 16.4 Å². The zero-order valence-electron chi connectivity index (χ0n) is 13.1. The summed E-state index contributed by atoms with van der Waals surface area (Å²) in [6.07, 6.45) is 1.63. The molecule has 5 N–H and O–H groups in total. The van der Waals surface area contributed by atoms with Crippen LogP contribution in [0.1, 0.15) is 11.3 Å². The van der Waals surface area contributed by atoms with Crippen LogP contribution >= 0.6 is 0 Å². The lowest BCUT2D eigenvalue weighted by Crippen LogP contribution is -2.17. The van der Waals surface area contributed by atoms with E-state index in [0.29, 0.717) is 23.3 Å². The molecule has 8 nitrogen and oxygen atoms in total. The molecule has 0 bridgehead atoms. The summed E-state index contributed by atoms with van der Waals surface area (Å²) in [5.41, 5.74) is 14.6. The second kappa shape index (κ2) is 5.99. The number of hydrogen-bond donors (Lipinski definition) is 3. The van der Waals surface area contributed by atoms with E-state index in [2.05, 4.69) is 26.5 Å². The Bertz CT molecular complexity index is 908. The monoisotopic (exact) mass is 323 g/mol. The normalized spacial score (nSPS) is 10.7. The molecular weight excluding hydrogens is 306 g/mol. The molecule has 122 valence electrons. The van der Waals surface area contributed by atoms with Crippen LogP contribution in [-0.2, 0) is 6.54 Å². The van der Waals surface area contributed by atoms with Gasteiger partial charge in [0, 0.05) is 18.3 Å². The zero-order chi connectivity index (χ0) is 17.3. The first-order chi connectivity index (χ1) is 11.4. The summed E-state index contributed by atoms with van der Waals surface area (Å²) < 4.78 is 0. The number of nitrogens with zero attached hydrogens (tertiary/aromatic N) is 5. The van der Waals surface area contributed by atoms with Crippen molar-refractivity contribution in [3.63, 3.8) is 0 Å². The molecule has 0 radical (unpaired) electrons. The molecule has 0 atom stereocenters. The van der Waals surface area contributed by atoms with Gasteiger partial charge in [0.2, 0.25) is 5.95 Å². The lowest BCUT2D eigenvalue weighted by molar-refractivity contribution is 0.514. The number of rotatable bonds is 4. The Morgan fingerprint density at radius 1 is 1.17 bits per heavy atom. The third kappa shape index (κ3) is 3.02. The maximum absolute atomic E-state index is 9.38. The van der Waals surface area contributed by atoms with Crippen molar-refractivity contribution in [1.82, 2.24) is 19.9 Å². The van der Waals surface area contributed by atoms with Crippen molar-refractivity contribution in [3.05, 3.63) is 48.3 Å². The molecule has 3 rings (SSSR count). The van der Waals surface area contributed by atoms with Crippen LogP contribution in [0.4, 0.5) is 17.5 Å². The highest BCUT2D eigenvalue weighted by Crippen LogP contribution is 2.20. The van der Waals surface area contributed by atoms with Crippen molar-refractivity contribution >= 4 is 34.4 Å². The van der Waals surface area contributed by atoms with Crippen LogP contribution in [0.3, 0.4) is 0 Å². The number of nitrogen functional groups attached to an aromatic ring is 2. The number of aromatic nitrogens is 4. The van der Waals surface area contributed by atoms with E-state index in [1.54, 1.807) is 18.3 Å². The smallest absolute Gasteiger partial charge is 0.224 e. The predicted molar refractivity (Wildman–Crippen MR) is 94.2 cm³/mol. The van der Waals surface area contributed by atoms with Crippen molar-refractivity contribution in [2.75, 3.05) is 23.4 Å². The number of anilines is 3. The molecule has 0 saturated heterocycles. The summed E-state index contributed by atoms with van der Waals surface area (Å²) in [7, 11) is 1.93. The molecule has 2 heterocycles. The molecule has 0 aliphatic rings. The van der Waals surface area contributed by atoms with Crippen LogP contribution in [0.25, 0.3) is 16.9 Å². The lowest BCUT2D eigenvalue weighted by atomic mass is 10.2. The lowest BCUT2D eigenvalue weighted by Gasteiger charge is -2.19. The van der Waals surface area contributed by atoms with Crippen LogP contribution in [0.2, 0.25) is 0 Å². The van der Waals surface area contributed by atoms with E-state index in [0.717, 1.165) is 11.4 Å². The Kier molecular flexibility index (Phi) is 3.87. The average molecular weight is 323 g/mol. The largest absolute Gasteiger partial charge is 0.508 e. The second-order valence-corrected chi connectivity index (χ2v) is 5.35. The van der Waals surface area contributed by atoms with E-state index in [1.165, 1.54) is 0 Å². The molecule has 24 heavy (non-hydrogen) atoms. The maximum Gasteiger partial charge on any atom is 0.224 e. The number of hydrogen-bond acceptors (Lipinski definition) is 8. The fourth-order valence-corrected chi connectivity index (χ4v) is 2.30. The minimum Gasteiger partial charge on any atom is -0.508 e. The van der Waals surface area contributed by atoms with Crippen molar-refractivity contribution < 1.29 is 5.11 Å². The molecule has 0 aliphatic heterocycles. The molecule has 8 heteroatoms. The van der Waals surface area contributed by atoms with Crippen LogP contribution in [0, 0.1) is 0 Å². The van der Waals surface area contributed by atoms with E-state index in [4.69, 9.17) is 11.5 Å². The van der Waals surface area contributed by atoms with Gasteiger partial charge in [-0.1, -0.05) is 6.58 Å². The SMILES string of the molecule is C=C(O)c1ccc(N(C)Cc2cnc3nc(N)nc(N)c3n2)cc1. The first kappa shape index (κ1) is 15.5. The van der Waals surface area contributed by atoms with Crippen molar-refractivity contribution in [3.8, 4) is 0 Å². The number of aliphatic hydroxyl groups is 1. The first-order valence-corrected chi connectivity index (χ1v) is 7.18. The topological polar surface area (TPSA) is 127 Å². The van der Waals surface area contributed by atoms with E-state index in [1.807, 2.05) is 24.1 Å². The van der Waals surface area contributed by atoms with E-state index in [-0.39, 0.29) is 17.5 Å². The van der Waals surface area contributed by atoms with E-state index < -0.39 is 0 Å². The van der Waals surface area contributed by atoms with Crippen molar-refractivity contribution in [2.24, 2.45) is 0 Å². The minimum absolute atomic E-state index is 0.0411. The molecule has 2 aromatic heterocycles. The summed E-state index contributed by atoms with van der Waals surface area (Å²) in [5.74, 6) is 0.324. The molecule has 3 aromatic rings. The summed E-state index contributed by atoms with van der Waals surface area (Å²) >= 11 is 0. The molecule has 0 saturated carbocycles. The summed E-state index contributed by atoms with van der Waals surface area (Å²) in [6.45, 7) is 4.02. The Labute approximate surface area is 138 Å². The third-order valence-electron chi connectivity index (χ3n) is 3.54. The minimum atomic E-state index is 0.0411. The Balaban J connectivity index is 1.84. The number of benzene rings is 1. The summed E-state index contributed by atoms with van der Waals surface area (Å²) in [6, 6.07) is 7.39. The summed E-state index contributed by atoms with van der Waals surface area (Å²) in [5, 5.41) is 9.38. The fourth-order valence-electron chi connectivity index (χ4n) is 2.30. The Morgan fingerprint density at radius 2 is 1.88 bits per heavy atom. The van der Waals surface area contributed by atoms with Gasteiger partial charge in [-0.15, -0.1) is 0 Å². The standard InChI is InChI=1S/C16H17N7O/c1-9(24)10-3-5-12(6-4-10)23(2)8-11-7-19-15-13(20-11)14(17)21-16(18)22-15/h3-7,24H,1,8H2,2H3,(H4,17,18,19,21,22). The van der Waals surface area contributed by atoms with Crippen molar-refractivity contribution in [2.45, 2.75) is 6.54 Å². The second-order valence-electron chi connectivity index (χ2n) is 5.35. The molecule has 1 aromatic carbocycles. The van der Waals surface area contributed by atoms with Gasteiger partial charge in [0.15, 0.2) is 17.0 Å². The van der Waals surface area contributed by atoms with E-state index in [9.17, 15) is 5.11 Å². The number of fused-ring (bicyclic) bond motifs is 1. The number of nitrogens with two attached hydrogens (primary N) is 2. The Hall–Kier alpha value is -3.42. The van der Waals surface area contributed by atoms with Gasteiger partial charge in [0.1, 0.15) is 5.76 Å². The van der Waals surface area contributed by atoms with Gasteiger partial charge in [0.05, 0.1) is 18.4 Å². The van der Waals surface area contributed by atoms with Gasteiger partial charge in [0.25, 0.3) is 0 Å². The fraction of sp³-hybridized carbons (Fsp3) is 0.125. The molecule has 0 spiro atoms. The maximum atomic E-state index is 9.38. The average Bonchev–Trinajstić information content (AvgIpc) is 2.55. The van der Waals surface area contributed by atoms with Gasteiger partial charge in [-0.3, -0.25) is 0 Å². The Morgan fingerprint density at radius 3 is 2.54 bits per heavy atom. The number of aliphatic hydroxyl groups excluding tert-OH is 1. The van der Waals surface area contributed by atoms with Crippen molar-refractivity contribution in [1.29, 1.82) is 0 Å². The van der Waals surface area contributed by atoms with Gasteiger partial charge in [-0.25, -0.2) is 9.97 Å². The van der Waals surface area contributed by atoms with Gasteiger partial charge >= 0.3 is 0 Å².